The lowest BCUT2D eigenvalue weighted by Gasteiger charge is -2.31. The molecule has 2 fully saturated rings. The van der Waals surface area contributed by atoms with E-state index in [1.54, 1.807) is 0 Å². The lowest BCUT2D eigenvalue weighted by atomic mass is 9.96. The van der Waals surface area contributed by atoms with Gasteiger partial charge in [-0.15, -0.1) is 0 Å². The van der Waals surface area contributed by atoms with Crippen molar-refractivity contribution in [3.05, 3.63) is 107 Å². The van der Waals surface area contributed by atoms with Crippen molar-refractivity contribution in [3.63, 3.8) is 0 Å². The highest BCUT2D eigenvalue weighted by Crippen LogP contribution is 2.44. The van der Waals surface area contributed by atoms with Gasteiger partial charge in [-0.25, -0.2) is 4.39 Å². The minimum Gasteiger partial charge on any atom is -0.378 e. The number of rotatable bonds is 5. The summed E-state index contributed by atoms with van der Waals surface area (Å²) in [7, 11) is 0. The summed E-state index contributed by atoms with van der Waals surface area (Å²) in [5.74, 6) is -0.247. The lowest BCUT2D eigenvalue weighted by molar-refractivity contribution is 0.122. The standard InChI is InChI=1S/C30H30FN5OS/c1-20-19-26(21(2)35(20)24-8-6-22(31)7-9-24)29-28(27-5-3-4-14-32-27)33-30(38)36(29)25-12-10-23(11-13-25)34-15-17-37-18-16-34/h3-14,19,28-29H,15-18H2,1-2H3,(H,33,38)/t28-,29-/m1/s1. The highest BCUT2D eigenvalue weighted by molar-refractivity contribution is 7.80. The first-order chi connectivity index (χ1) is 18.5. The fourth-order valence-corrected chi connectivity index (χ4v) is 6.02. The van der Waals surface area contributed by atoms with Crippen LogP contribution in [0.2, 0.25) is 0 Å². The summed E-state index contributed by atoms with van der Waals surface area (Å²) in [5, 5.41) is 4.22. The molecule has 4 aromatic rings. The van der Waals surface area contributed by atoms with E-state index in [0.29, 0.717) is 5.11 Å². The molecule has 0 aliphatic carbocycles. The lowest BCUT2D eigenvalue weighted by Crippen LogP contribution is -2.36. The molecule has 2 aromatic heterocycles. The minimum absolute atomic E-state index is 0.118. The van der Waals surface area contributed by atoms with E-state index in [9.17, 15) is 4.39 Å². The molecule has 38 heavy (non-hydrogen) atoms. The highest BCUT2D eigenvalue weighted by Gasteiger charge is 2.42. The predicted molar refractivity (Wildman–Crippen MR) is 153 cm³/mol. The molecular weight excluding hydrogens is 497 g/mol. The Morgan fingerprint density at radius 3 is 2.29 bits per heavy atom. The number of anilines is 2. The van der Waals surface area contributed by atoms with Crippen LogP contribution in [0.1, 0.15) is 34.7 Å². The number of benzene rings is 2. The molecule has 2 aliphatic heterocycles. The first-order valence-electron chi connectivity index (χ1n) is 12.9. The Kier molecular flexibility index (Phi) is 6.59. The summed E-state index contributed by atoms with van der Waals surface area (Å²) >= 11 is 5.94. The third-order valence-electron chi connectivity index (χ3n) is 7.48. The van der Waals surface area contributed by atoms with Gasteiger partial charge in [-0.2, -0.15) is 0 Å². The largest absolute Gasteiger partial charge is 0.378 e. The summed E-state index contributed by atoms with van der Waals surface area (Å²) in [5.41, 5.74) is 7.37. The predicted octanol–water partition coefficient (Wildman–Crippen LogP) is 5.64. The zero-order valence-electron chi connectivity index (χ0n) is 21.5. The molecule has 194 valence electrons. The van der Waals surface area contributed by atoms with Gasteiger partial charge in [0.1, 0.15) is 5.82 Å². The Bertz CT molecular complexity index is 1430. The molecule has 4 heterocycles. The number of aryl methyl sites for hydroxylation is 1. The first kappa shape index (κ1) is 24.6. The van der Waals surface area contributed by atoms with Crippen molar-refractivity contribution < 1.29 is 9.13 Å². The van der Waals surface area contributed by atoms with Crippen LogP contribution >= 0.6 is 12.2 Å². The summed E-state index contributed by atoms with van der Waals surface area (Å²) in [6.07, 6.45) is 1.82. The van der Waals surface area contributed by atoms with E-state index in [1.165, 1.54) is 17.8 Å². The van der Waals surface area contributed by atoms with Crippen LogP contribution in [0, 0.1) is 19.7 Å². The highest BCUT2D eigenvalue weighted by atomic mass is 32.1. The van der Waals surface area contributed by atoms with Crippen LogP contribution in [0.15, 0.2) is 79.0 Å². The van der Waals surface area contributed by atoms with Gasteiger partial charge in [-0.1, -0.05) is 6.07 Å². The van der Waals surface area contributed by atoms with Gasteiger partial charge in [-0.3, -0.25) is 4.98 Å². The normalized spacial score (nSPS) is 19.6. The average molecular weight is 528 g/mol. The van der Waals surface area contributed by atoms with Crippen LogP contribution in [-0.2, 0) is 4.74 Å². The molecule has 2 aromatic carbocycles. The Morgan fingerprint density at radius 1 is 0.921 bits per heavy atom. The molecule has 0 amide bonds. The molecule has 6 nitrogen and oxygen atoms in total. The van der Waals surface area contributed by atoms with Crippen LogP contribution < -0.4 is 15.1 Å². The second kappa shape index (κ2) is 10.2. The number of pyridine rings is 1. The topological polar surface area (TPSA) is 45.6 Å². The summed E-state index contributed by atoms with van der Waals surface area (Å²) in [6, 6.07) is 23.2. The SMILES string of the molecule is Cc1cc([C@@H]2[C@@H](c3ccccn3)NC(=S)N2c2ccc(N3CCOCC3)cc2)c(C)n1-c1ccc(F)cc1. The second-order valence-corrected chi connectivity index (χ2v) is 10.1. The summed E-state index contributed by atoms with van der Waals surface area (Å²) in [6.45, 7) is 7.48. The zero-order chi connectivity index (χ0) is 26.2. The number of nitrogens with zero attached hydrogens (tertiary/aromatic N) is 4. The maximum Gasteiger partial charge on any atom is 0.174 e. The van der Waals surface area contributed by atoms with Crippen molar-refractivity contribution in [1.82, 2.24) is 14.9 Å². The van der Waals surface area contributed by atoms with Crippen molar-refractivity contribution >= 4 is 28.7 Å². The van der Waals surface area contributed by atoms with E-state index in [1.807, 2.05) is 36.5 Å². The molecule has 0 spiro atoms. The Hall–Kier alpha value is -3.75. The molecule has 0 unspecified atom stereocenters. The number of aromatic nitrogens is 2. The molecule has 1 N–H and O–H groups in total. The van der Waals surface area contributed by atoms with E-state index in [4.69, 9.17) is 17.0 Å². The van der Waals surface area contributed by atoms with Gasteiger partial charge >= 0.3 is 0 Å². The van der Waals surface area contributed by atoms with E-state index < -0.39 is 0 Å². The summed E-state index contributed by atoms with van der Waals surface area (Å²) < 4.78 is 21.4. The molecule has 2 aliphatic rings. The Balaban J connectivity index is 1.43. The van der Waals surface area contributed by atoms with Gasteiger partial charge in [0.15, 0.2) is 5.11 Å². The number of ether oxygens (including phenoxy) is 1. The Morgan fingerprint density at radius 2 is 1.61 bits per heavy atom. The molecule has 2 saturated heterocycles. The monoisotopic (exact) mass is 527 g/mol. The maximum absolute atomic E-state index is 13.7. The molecule has 0 bridgehead atoms. The number of morpholine rings is 1. The van der Waals surface area contributed by atoms with E-state index in [0.717, 1.165) is 60.3 Å². The second-order valence-electron chi connectivity index (χ2n) is 9.75. The molecule has 2 atom stereocenters. The van der Waals surface area contributed by atoms with Crippen LogP contribution in [0.4, 0.5) is 15.8 Å². The van der Waals surface area contributed by atoms with Gasteiger partial charge in [0.25, 0.3) is 0 Å². The average Bonchev–Trinajstić information content (AvgIpc) is 3.45. The molecule has 0 radical (unpaired) electrons. The number of nitrogens with one attached hydrogen (secondary N) is 1. The van der Waals surface area contributed by atoms with E-state index in [2.05, 4.69) is 68.8 Å². The zero-order valence-corrected chi connectivity index (χ0v) is 22.3. The van der Waals surface area contributed by atoms with Gasteiger partial charge in [0.05, 0.1) is 31.0 Å². The van der Waals surface area contributed by atoms with Crippen molar-refractivity contribution in [2.45, 2.75) is 25.9 Å². The molecule has 6 rings (SSSR count). The minimum atomic E-state index is -0.247. The van der Waals surface area contributed by atoms with Gasteiger partial charge in [0.2, 0.25) is 0 Å². The first-order valence-corrected chi connectivity index (χ1v) is 13.3. The smallest absolute Gasteiger partial charge is 0.174 e. The van der Waals surface area contributed by atoms with Crippen molar-refractivity contribution in [2.75, 3.05) is 36.1 Å². The van der Waals surface area contributed by atoms with Crippen molar-refractivity contribution in [2.24, 2.45) is 0 Å². The van der Waals surface area contributed by atoms with E-state index >= 15 is 0 Å². The fraction of sp³-hybridized carbons (Fsp3) is 0.267. The quantitative estimate of drug-likeness (QED) is 0.339. The third kappa shape index (κ3) is 4.44. The van der Waals surface area contributed by atoms with Crippen LogP contribution in [-0.4, -0.2) is 41.0 Å². The Labute approximate surface area is 227 Å². The van der Waals surface area contributed by atoms with Crippen molar-refractivity contribution in [1.29, 1.82) is 0 Å². The van der Waals surface area contributed by atoms with Gasteiger partial charge in [0, 0.05) is 47.7 Å². The third-order valence-corrected chi connectivity index (χ3v) is 7.79. The molecule has 0 saturated carbocycles. The maximum atomic E-state index is 13.7. The number of halogens is 1. The van der Waals surface area contributed by atoms with Crippen LogP contribution in [0.3, 0.4) is 0 Å². The van der Waals surface area contributed by atoms with Gasteiger partial charge < -0.3 is 24.4 Å². The van der Waals surface area contributed by atoms with Crippen molar-refractivity contribution in [3.8, 4) is 5.69 Å². The van der Waals surface area contributed by atoms with Crippen LogP contribution in [0.5, 0.6) is 0 Å². The molecular formula is C30H30FN5OS. The van der Waals surface area contributed by atoms with E-state index in [-0.39, 0.29) is 17.9 Å². The number of hydrogen-bond acceptors (Lipinski definition) is 4. The molecule has 8 heteroatoms. The fourth-order valence-electron chi connectivity index (χ4n) is 5.67. The number of hydrogen-bond donors (Lipinski definition) is 1. The summed E-state index contributed by atoms with van der Waals surface area (Å²) in [4.78, 5) is 9.23. The number of thiocarbonyl (C=S) groups is 1. The van der Waals surface area contributed by atoms with Crippen LogP contribution in [0.25, 0.3) is 5.69 Å². The van der Waals surface area contributed by atoms with Gasteiger partial charge in [-0.05, 0) is 98.4 Å².